The summed E-state index contributed by atoms with van der Waals surface area (Å²) in [6.07, 6.45) is 9.06. The topological polar surface area (TPSA) is 45.8 Å². The largest absolute Gasteiger partial charge is 0.345 e. The van der Waals surface area contributed by atoms with Crippen molar-refractivity contribution in [2.75, 3.05) is 0 Å². The van der Waals surface area contributed by atoms with Gasteiger partial charge in [0.15, 0.2) is 5.78 Å². The number of carbonyl (C=O) groups excluding carboxylic acids is 1. The van der Waals surface area contributed by atoms with Crippen LogP contribution in [0.3, 0.4) is 0 Å². The van der Waals surface area contributed by atoms with E-state index < -0.39 is 0 Å². The van der Waals surface area contributed by atoms with Crippen molar-refractivity contribution in [1.29, 1.82) is 0 Å². The molecule has 0 atom stereocenters. The van der Waals surface area contributed by atoms with Crippen molar-refractivity contribution in [2.45, 2.75) is 25.7 Å². The fraction of sp³-hybridized carbons (Fsp3) is 0.400. The summed E-state index contributed by atoms with van der Waals surface area (Å²) in [5.74, 6) is 0.292. The molecule has 13 heavy (non-hydrogen) atoms. The van der Waals surface area contributed by atoms with Crippen LogP contribution < -0.4 is 0 Å². The molecule has 3 nitrogen and oxygen atoms in total. The molecular weight excluding hydrogens is 164 g/mol. The van der Waals surface area contributed by atoms with Crippen LogP contribution in [0.2, 0.25) is 0 Å². The molecule has 1 aliphatic carbocycles. The minimum atomic E-state index is 0.292. The molecule has 0 aliphatic heterocycles. The first-order chi connectivity index (χ1) is 6.36. The molecular formula is C10H12N2O. The Hall–Kier alpha value is -1.38. The molecule has 3 heteroatoms. The average molecular weight is 176 g/mol. The Balaban J connectivity index is 2.19. The quantitative estimate of drug-likeness (QED) is 0.664. The summed E-state index contributed by atoms with van der Waals surface area (Å²) in [7, 11) is 0. The SMILES string of the molecule is O=C1CCCC/C1=C\c1cnc[nH]1. The molecule has 1 aliphatic rings. The van der Waals surface area contributed by atoms with E-state index in [9.17, 15) is 4.79 Å². The molecule has 1 N–H and O–H groups in total. The smallest absolute Gasteiger partial charge is 0.158 e. The number of aromatic amines is 1. The first kappa shape index (κ1) is 8.23. The first-order valence-electron chi connectivity index (χ1n) is 4.58. The zero-order chi connectivity index (χ0) is 9.10. The summed E-state index contributed by atoms with van der Waals surface area (Å²) >= 11 is 0. The number of hydrogen-bond donors (Lipinski definition) is 1. The number of allylic oxidation sites excluding steroid dienone is 1. The van der Waals surface area contributed by atoms with E-state index in [0.29, 0.717) is 12.2 Å². The summed E-state index contributed by atoms with van der Waals surface area (Å²) < 4.78 is 0. The van der Waals surface area contributed by atoms with Gasteiger partial charge in [0.05, 0.1) is 18.2 Å². The van der Waals surface area contributed by atoms with Crippen LogP contribution >= 0.6 is 0 Å². The standard InChI is InChI=1S/C10H12N2O/c13-10-4-2-1-3-8(10)5-9-6-11-7-12-9/h5-7H,1-4H2,(H,11,12)/b8-5+. The van der Waals surface area contributed by atoms with E-state index in [4.69, 9.17) is 0 Å². The molecule has 0 amide bonds. The van der Waals surface area contributed by atoms with E-state index in [1.54, 1.807) is 12.5 Å². The second-order valence-electron chi connectivity index (χ2n) is 3.31. The van der Waals surface area contributed by atoms with Crippen molar-refractivity contribution in [1.82, 2.24) is 9.97 Å². The van der Waals surface area contributed by atoms with E-state index in [2.05, 4.69) is 9.97 Å². The number of rotatable bonds is 1. The molecule has 0 unspecified atom stereocenters. The number of Topliss-reactive ketones (excluding diaryl/α,β-unsaturated/α-hetero) is 1. The van der Waals surface area contributed by atoms with Gasteiger partial charge < -0.3 is 4.98 Å². The van der Waals surface area contributed by atoms with Crippen molar-refractivity contribution in [3.63, 3.8) is 0 Å². The lowest BCUT2D eigenvalue weighted by molar-refractivity contribution is -0.116. The predicted molar refractivity (Wildman–Crippen MR) is 50.0 cm³/mol. The molecule has 0 bridgehead atoms. The Bertz CT molecular complexity index is 325. The molecule has 0 spiro atoms. The Morgan fingerprint density at radius 2 is 2.23 bits per heavy atom. The monoisotopic (exact) mass is 176 g/mol. The summed E-state index contributed by atoms with van der Waals surface area (Å²) in [6.45, 7) is 0. The van der Waals surface area contributed by atoms with Crippen molar-refractivity contribution in [3.8, 4) is 0 Å². The van der Waals surface area contributed by atoms with Crippen molar-refractivity contribution in [2.24, 2.45) is 0 Å². The Morgan fingerprint density at radius 3 is 2.92 bits per heavy atom. The van der Waals surface area contributed by atoms with Gasteiger partial charge in [0.25, 0.3) is 0 Å². The van der Waals surface area contributed by atoms with Gasteiger partial charge >= 0.3 is 0 Å². The molecule has 1 saturated carbocycles. The molecule has 68 valence electrons. The van der Waals surface area contributed by atoms with Crippen LogP contribution in [0.15, 0.2) is 18.1 Å². The van der Waals surface area contributed by atoms with Crippen molar-refractivity contribution >= 4 is 11.9 Å². The average Bonchev–Trinajstić information content (AvgIpc) is 2.61. The summed E-state index contributed by atoms with van der Waals surface area (Å²) in [4.78, 5) is 18.3. The maximum Gasteiger partial charge on any atom is 0.158 e. The van der Waals surface area contributed by atoms with E-state index in [0.717, 1.165) is 30.5 Å². The van der Waals surface area contributed by atoms with Crippen LogP contribution in [-0.2, 0) is 4.79 Å². The van der Waals surface area contributed by atoms with Crippen LogP contribution in [0.4, 0.5) is 0 Å². The molecule has 0 aromatic carbocycles. The van der Waals surface area contributed by atoms with Gasteiger partial charge in [-0.2, -0.15) is 0 Å². The third-order valence-corrected chi connectivity index (χ3v) is 2.31. The zero-order valence-corrected chi connectivity index (χ0v) is 7.42. The molecule has 2 rings (SSSR count). The first-order valence-corrected chi connectivity index (χ1v) is 4.58. The highest BCUT2D eigenvalue weighted by Gasteiger charge is 2.14. The lowest BCUT2D eigenvalue weighted by Gasteiger charge is -2.11. The normalized spacial score (nSPS) is 20.9. The van der Waals surface area contributed by atoms with Crippen LogP contribution in [0.25, 0.3) is 6.08 Å². The maximum atomic E-state index is 11.4. The summed E-state index contributed by atoms with van der Waals surface area (Å²) in [6, 6.07) is 0. The lowest BCUT2D eigenvalue weighted by Crippen LogP contribution is -2.07. The molecule has 1 aromatic heterocycles. The molecule has 1 fully saturated rings. The Labute approximate surface area is 76.9 Å². The fourth-order valence-corrected chi connectivity index (χ4v) is 1.59. The van der Waals surface area contributed by atoms with Crippen LogP contribution in [0.5, 0.6) is 0 Å². The summed E-state index contributed by atoms with van der Waals surface area (Å²) in [5.41, 5.74) is 1.86. The number of nitrogens with zero attached hydrogens (tertiary/aromatic N) is 1. The van der Waals surface area contributed by atoms with Crippen LogP contribution in [0, 0.1) is 0 Å². The van der Waals surface area contributed by atoms with E-state index >= 15 is 0 Å². The van der Waals surface area contributed by atoms with Crippen LogP contribution in [0.1, 0.15) is 31.4 Å². The van der Waals surface area contributed by atoms with Crippen LogP contribution in [-0.4, -0.2) is 15.8 Å². The minimum absolute atomic E-state index is 0.292. The molecule has 1 heterocycles. The van der Waals surface area contributed by atoms with Gasteiger partial charge in [0, 0.05) is 6.42 Å². The number of H-pyrrole nitrogens is 1. The Kier molecular flexibility index (Phi) is 2.25. The van der Waals surface area contributed by atoms with E-state index in [-0.39, 0.29) is 0 Å². The van der Waals surface area contributed by atoms with E-state index in [1.807, 2.05) is 6.08 Å². The predicted octanol–water partition coefficient (Wildman–Crippen LogP) is 1.94. The fourth-order valence-electron chi connectivity index (χ4n) is 1.59. The second-order valence-corrected chi connectivity index (χ2v) is 3.31. The number of ketones is 1. The third-order valence-electron chi connectivity index (χ3n) is 2.31. The number of imidazole rings is 1. The second kappa shape index (κ2) is 3.56. The number of hydrogen-bond acceptors (Lipinski definition) is 2. The Morgan fingerprint density at radius 1 is 1.38 bits per heavy atom. The van der Waals surface area contributed by atoms with Gasteiger partial charge in [-0.1, -0.05) is 0 Å². The minimum Gasteiger partial charge on any atom is -0.345 e. The van der Waals surface area contributed by atoms with Gasteiger partial charge in [-0.15, -0.1) is 0 Å². The number of nitrogens with one attached hydrogen (secondary N) is 1. The van der Waals surface area contributed by atoms with Crippen molar-refractivity contribution in [3.05, 3.63) is 23.8 Å². The van der Waals surface area contributed by atoms with Gasteiger partial charge in [-0.3, -0.25) is 4.79 Å². The van der Waals surface area contributed by atoms with Gasteiger partial charge in [0.1, 0.15) is 0 Å². The highest BCUT2D eigenvalue weighted by atomic mass is 16.1. The lowest BCUT2D eigenvalue weighted by atomic mass is 9.93. The molecule has 1 aromatic rings. The summed E-state index contributed by atoms with van der Waals surface area (Å²) in [5, 5.41) is 0. The maximum absolute atomic E-state index is 11.4. The third kappa shape index (κ3) is 1.86. The van der Waals surface area contributed by atoms with Gasteiger partial charge in [-0.25, -0.2) is 4.98 Å². The highest BCUT2D eigenvalue weighted by molar-refractivity contribution is 5.99. The van der Waals surface area contributed by atoms with Crippen molar-refractivity contribution < 1.29 is 4.79 Å². The number of aromatic nitrogens is 2. The van der Waals surface area contributed by atoms with Gasteiger partial charge in [-0.05, 0) is 30.9 Å². The highest BCUT2D eigenvalue weighted by Crippen LogP contribution is 2.21. The van der Waals surface area contributed by atoms with Gasteiger partial charge in [0.2, 0.25) is 0 Å². The molecule has 0 radical (unpaired) electrons. The molecule has 0 saturated heterocycles. The van der Waals surface area contributed by atoms with E-state index in [1.165, 1.54) is 0 Å². The number of carbonyl (C=O) groups is 1. The zero-order valence-electron chi connectivity index (χ0n) is 7.42.